The van der Waals surface area contributed by atoms with Crippen LogP contribution < -0.4 is 10.6 Å². The van der Waals surface area contributed by atoms with Crippen LogP contribution in [0.5, 0.6) is 0 Å². The van der Waals surface area contributed by atoms with Gasteiger partial charge in [-0.2, -0.15) is 0 Å². The highest BCUT2D eigenvalue weighted by molar-refractivity contribution is 5.68. The number of nitro groups is 1. The number of rotatable bonds is 4. The van der Waals surface area contributed by atoms with Gasteiger partial charge in [0.15, 0.2) is 0 Å². The maximum Gasteiger partial charge on any atom is 0.311 e. The van der Waals surface area contributed by atoms with Crippen LogP contribution in [-0.2, 0) is 0 Å². The van der Waals surface area contributed by atoms with Crippen LogP contribution >= 0.6 is 0 Å². The Morgan fingerprint density at radius 3 is 2.50 bits per heavy atom. The Labute approximate surface area is 117 Å². The highest BCUT2D eigenvalue weighted by Crippen LogP contribution is 2.27. The summed E-state index contributed by atoms with van der Waals surface area (Å²) in [7, 11) is 1.72. The number of pyridine rings is 1. The zero-order valence-corrected chi connectivity index (χ0v) is 11.6. The molecule has 0 amide bonds. The van der Waals surface area contributed by atoms with E-state index in [1.165, 1.54) is 11.6 Å². The molecule has 1 heterocycles. The highest BCUT2D eigenvalue weighted by atomic mass is 16.6. The van der Waals surface area contributed by atoms with Crippen LogP contribution in [0.4, 0.5) is 23.0 Å². The Bertz CT molecular complexity index is 656. The van der Waals surface area contributed by atoms with E-state index in [-0.39, 0.29) is 11.5 Å². The molecule has 0 aliphatic carbocycles. The Morgan fingerprint density at radius 1 is 1.15 bits per heavy atom. The molecule has 0 saturated heterocycles. The fourth-order valence-corrected chi connectivity index (χ4v) is 1.79. The first-order valence-electron chi connectivity index (χ1n) is 6.18. The monoisotopic (exact) mass is 272 g/mol. The first-order valence-corrected chi connectivity index (χ1v) is 6.18. The molecule has 6 heteroatoms. The Hall–Kier alpha value is -2.63. The lowest BCUT2D eigenvalue weighted by Gasteiger charge is -2.09. The molecule has 6 nitrogen and oxygen atoms in total. The third-order valence-electron chi connectivity index (χ3n) is 3.10. The molecule has 0 saturated carbocycles. The van der Waals surface area contributed by atoms with Gasteiger partial charge in [-0.15, -0.1) is 0 Å². The summed E-state index contributed by atoms with van der Waals surface area (Å²) in [6.45, 7) is 4.01. The van der Waals surface area contributed by atoms with Crippen molar-refractivity contribution >= 4 is 23.0 Å². The van der Waals surface area contributed by atoms with E-state index in [0.717, 1.165) is 11.3 Å². The van der Waals surface area contributed by atoms with Crippen LogP contribution in [0.1, 0.15) is 11.1 Å². The maximum atomic E-state index is 11.0. The van der Waals surface area contributed by atoms with E-state index in [1.807, 2.05) is 32.0 Å². The van der Waals surface area contributed by atoms with E-state index >= 15 is 0 Å². The molecule has 0 aliphatic rings. The molecule has 2 aromatic rings. The molecule has 0 unspecified atom stereocenters. The predicted octanol–water partition coefficient (Wildman–Crippen LogP) is 3.39. The van der Waals surface area contributed by atoms with Gasteiger partial charge in [0.1, 0.15) is 5.82 Å². The number of hydrogen-bond acceptors (Lipinski definition) is 5. The first kappa shape index (κ1) is 13.8. The van der Waals surface area contributed by atoms with E-state index < -0.39 is 4.92 Å². The van der Waals surface area contributed by atoms with Gasteiger partial charge in [-0.3, -0.25) is 10.1 Å². The maximum absolute atomic E-state index is 11.0. The summed E-state index contributed by atoms with van der Waals surface area (Å²) in [5.41, 5.74) is 3.00. The van der Waals surface area contributed by atoms with Crippen molar-refractivity contribution in [3.8, 4) is 0 Å². The number of nitrogens with one attached hydrogen (secondary N) is 2. The number of aromatic nitrogens is 1. The zero-order chi connectivity index (χ0) is 14.7. The molecule has 0 radical (unpaired) electrons. The van der Waals surface area contributed by atoms with Gasteiger partial charge in [0.2, 0.25) is 5.82 Å². The van der Waals surface area contributed by atoms with Gasteiger partial charge in [-0.05, 0) is 43.2 Å². The second-order valence-corrected chi connectivity index (χ2v) is 4.50. The number of benzene rings is 1. The van der Waals surface area contributed by atoms with Gasteiger partial charge in [0, 0.05) is 18.8 Å². The van der Waals surface area contributed by atoms with E-state index in [4.69, 9.17) is 0 Å². The van der Waals surface area contributed by atoms with Crippen molar-refractivity contribution in [3.05, 3.63) is 51.6 Å². The van der Waals surface area contributed by atoms with E-state index in [2.05, 4.69) is 15.6 Å². The van der Waals surface area contributed by atoms with Crippen LogP contribution in [0.3, 0.4) is 0 Å². The van der Waals surface area contributed by atoms with Crippen molar-refractivity contribution in [2.75, 3.05) is 17.7 Å². The summed E-state index contributed by atoms with van der Waals surface area (Å²) >= 11 is 0. The van der Waals surface area contributed by atoms with Gasteiger partial charge in [-0.1, -0.05) is 6.07 Å². The van der Waals surface area contributed by atoms with E-state index in [0.29, 0.717) is 5.82 Å². The summed E-state index contributed by atoms with van der Waals surface area (Å²) in [5, 5.41) is 16.9. The van der Waals surface area contributed by atoms with Gasteiger partial charge in [0.05, 0.1) is 4.92 Å². The summed E-state index contributed by atoms with van der Waals surface area (Å²) in [6, 6.07) is 8.78. The molecule has 0 spiro atoms. The second kappa shape index (κ2) is 5.56. The molecule has 104 valence electrons. The minimum atomic E-state index is -0.449. The number of aryl methyl sites for hydroxylation is 2. The molecule has 0 aliphatic heterocycles. The van der Waals surface area contributed by atoms with Crippen molar-refractivity contribution in [2.24, 2.45) is 0 Å². The molecule has 0 atom stereocenters. The highest BCUT2D eigenvalue weighted by Gasteiger charge is 2.16. The third kappa shape index (κ3) is 2.85. The number of hydrogen-bond donors (Lipinski definition) is 2. The van der Waals surface area contributed by atoms with Gasteiger partial charge < -0.3 is 10.6 Å². The lowest BCUT2D eigenvalue weighted by Crippen LogP contribution is -2.02. The molecule has 2 rings (SSSR count). The SMILES string of the molecule is CNc1ccc([N+](=O)[O-])c(Nc2ccc(C)c(C)c2)n1. The summed E-state index contributed by atoms with van der Waals surface area (Å²) in [6.07, 6.45) is 0. The number of nitrogens with zero attached hydrogens (tertiary/aromatic N) is 2. The second-order valence-electron chi connectivity index (χ2n) is 4.50. The smallest absolute Gasteiger partial charge is 0.311 e. The molecule has 20 heavy (non-hydrogen) atoms. The van der Waals surface area contributed by atoms with Crippen LogP contribution in [0, 0.1) is 24.0 Å². The van der Waals surface area contributed by atoms with E-state index in [1.54, 1.807) is 13.1 Å². The quantitative estimate of drug-likeness (QED) is 0.658. The van der Waals surface area contributed by atoms with Crippen molar-refractivity contribution in [2.45, 2.75) is 13.8 Å². The van der Waals surface area contributed by atoms with Gasteiger partial charge in [0.25, 0.3) is 0 Å². The van der Waals surface area contributed by atoms with Crippen molar-refractivity contribution in [3.63, 3.8) is 0 Å². The molecule has 1 aromatic carbocycles. The molecular weight excluding hydrogens is 256 g/mol. The topological polar surface area (TPSA) is 80.1 Å². The minimum Gasteiger partial charge on any atom is -0.373 e. The van der Waals surface area contributed by atoms with Gasteiger partial charge >= 0.3 is 5.69 Å². The molecule has 2 N–H and O–H groups in total. The summed E-state index contributed by atoms with van der Waals surface area (Å²) in [5.74, 6) is 0.798. The molecule has 0 fully saturated rings. The zero-order valence-electron chi connectivity index (χ0n) is 11.6. The lowest BCUT2D eigenvalue weighted by atomic mass is 10.1. The fourth-order valence-electron chi connectivity index (χ4n) is 1.79. The Kier molecular flexibility index (Phi) is 3.84. The summed E-state index contributed by atoms with van der Waals surface area (Å²) in [4.78, 5) is 14.8. The average Bonchev–Trinajstić information content (AvgIpc) is 2.42. The predicted molar refractivity (Wildman–Crippen MR) is 79.6 cm³/mol. The Balaban J connectivity index is 2.40. The van der Waals surface area contributed by atoms with Crippen LogP contribution in [0.2, 0.25) is 0 Å². The molecule has 0 bridgehead atoms. The van der Waals surface area contributed by atoms with Crippen molar-refractivity contribution < 1.29 is 4.92 Å². The van der Waals surface area contributed by atoms with Crippen molar-refractivity contribution in [1.82, 2.24) is 4.98 Å². The Morgan fingerprint density at radius 2 is 1.90 bits per heavy atom. The third-order valence-corrected chi connectivity index (χ3v) is 3.10. The molecular formula is C14H16N4O2. The average molecular weight is 272 g/mol. The van der Waals surface area contributed by atoms with Gasteiger partial charge in [-0.25, -0.2) is 4.98 Å². The van der Waals surface area contributed by atoms with Crippen LogP contribution in [-0.4, -0.2) is 17.0 Å². The lowest BCUT2D eigenvalue weighted by molar-refractivity contribution is -0.384. The summed E-state index contributed by atoms with van der Waals surface area (Å²) < 4.78 is 0. The van der Waals surface area contributed by atoms with E-state index in [9.17, 15) is 10.1 Å². The van der Waals surface area contributed by atoms with Crippen LogP contribution in [0.25, 0.3) is 0 Å². The minimum absolute atomic E-state index is 0.0535. The molecule has 1 aromatic heterocycles. The largest absolute Gasteiger partial charge is 0.373 e. The number of anilines is 3. The van der Waals surface area contributed by atoms with Crippen molar-refractivity contribution in [1.29, 1.82) is 0 Å². The normalized spacial score (nSPS) is 10.2. The fraction of sp³-hybridized carbons (Fsp3) is 0.214. The first-order chi connectivity index (χ1) is 9.51. The standard InChI is InChI=1S/C14H16N4O2/c1-9-4-5-11(8-10(9)2)16-14-12(18(19)20)6-7-13(15-3)17-14/h4-8H,1-3H3,(H2,15,16,17). The van der Waals surface area contributed by atoms with Crippen LogP contribution in [0.15, 0.2) is 30.3 Å².